The summed E-state index contributed by atoms with van der Waals surface area (Å²) in [6.07, 6.45) is 1.68. The SMILES string of the molecule is CN(C)CC1CCCN1S(=O)(=O)c1csc(C(=O)O)c1. The molecule has 0 aliphatic carbocycles. The van der Waals surface area contributed by atoms with Crippen molar-refractivity contribution in [1.29, 1.82) is 0 Å². The molecule has 0 amide bonds. The predicted molar refractivity (Wildman–Crippen MR) is 76.7 cm³/mol. The van der Waals surface area contributed by atoms with Crippen molar-refractivity contribution in [3.63, 3.8) is 0 Å². The van der Waals surface area contributed by atoms with Crippen LogP contribution in [-0.2, 0) is 10.0 Å². The standard InChI is InChI=1S/C12H18N2O4S2/c1-13(2)7-9-4-3-5-14(9)20(17,18)10-6-11(12(15)16)19-8-10/h6,8-9H,3-5,7H2,1-2H3,(H,15,16). The molecule has 0 aromatic carbocycles. The monoisotopic (exact) mass is 318 g/mol. The molecule has 8 heteroatoms. The number of hydrogen-bond donors (Lipinski definition) is 1. The third-order valence-electron chi connectivity index (χ3n) is 3.29. The molecule has 0 radical (unpaired) electrons. The molecule has 1 aliphatic rings. The second-order valence-electron chi connectivity index (χ2n) is 5.13. The van der Waals surface area contributed by atoms with E-state index < -0.39 is 16.0 Å². The Morgan fingerprint density at radius 1 is 1.55 bits per heavy atom. The first kappa shape index (κ1) is 15.4. The molecule has 0 bridgehead atoms. The van der Waals surface area contributed by atoms with Crippen molar-refractivity contribution in [3.05, 3.63) is 16.3 Å². The molecule has 1 aromatic heterocycles. The van der Waals surface area contributed by atoms with Crippen molar-refractivity contribution in [1.82, 2.24) is 9.21 Å². The molecule has 0 spiro atoms. The fraction of sp³-hybridized carbons (Fsp3) is 0.583. The Morgan fingerprint density at radius 3 is 2.80 bits per heavy atom. The van der Waals surface area contributed by atoms with E-state index in [0.717, 1.165) is 24.2 Å². The molecule has 112 valence electrons. The maximum atomic E-state index is 12.6. The smallest absolute Gasteiger partial charge is 0.345 e. The van der Waals surface area contributed by atoms with Crippen LogP contribution in [0.15, 0.2) is 16.3 Å². The first-order valence-corrected chi connectivity index (χ1v) is 8.62. The maximum absolute atomic E-state index is 12.6. The third-order valence-corrected chi connectivity index (χ3v) is 6.29. The molecule has 1 N–H and O–H groups in total. The van der Waals surface area contributed by atoms with Crippen molar-refractivity contribution in [2.75, 3.05) is 27.2 Å². The molecule has 2 heterocycles. The lowest BCUT2D eigenvalue weighted by atomic mass is 10.2. The summed E-state index contributed by atoms with van der Waals surface area (Å²) in [5.41, 5.74) is 0. The van der Waals surface area contributed by atoms with E-state index in [4.69, 9.17) is 5.11 Å². The fourth-order valence-electron chi connectivity index (χ4n) is 2.43. The molecule has 1 atom stereocenters. The van der Waals surface area contributed by atoms with Gasteiger partial charge in [-0.3, -0.25) is 0 Å². The Bertz CT molecular complexity index is 594. The maximum Gasteiger partial charge on any atom is 0.345 e. The number of carboxylic acid groups (broad SMARTS) is 1. The second kappa shape index (κ2) is 5.80. The van der Waals surface area contributed by atoms with E-state index in [-0.39, 0.29) is 15.8 Å². The van der Waals surface area contributed by atoms with E-state index in [9.17, 15) is 13.2 Å². The summed E-state index contributed by atoms with van der Waals surface area (Å²) in [5, 5.41) is 10.3. The largest absolute Gasteiger partial charge is 0.477 e. The fourth-order valence-corrected chi connectivity index (χ4v) is 5.22. The topological polar surface area (TPSA) is 77.9 Å². The highest BCUT2D eigenvalue weighted by molar-refractivity contribution is 7.89. The van der Waals surface area contributed by atoms with Crippen molar-refractivity contribution in [3.8, 4) is 0 Å². The number of carboxylic acids is 1. The van der Waals surface area contributed by atoms with Gasteiger partial charge in [0.1, 0.15) is 4.88 Å². The molecular formula is C12H18N2O4S2. The summed E-state index contributed by atoms with van der Waals surface area (Å²) in [7, 11) is 0.233. The van der Waals surface area contributed by atoms with Crippen LogP contribution in [0.3, 0.4) is 0 Å². The summed E-state index contributed by atoms with van der Waals surface area (Å²) in [4.78, 5) is 13.0. The highest BCUT2D eigenvalue weighted by atomic mass is 32.2. The number of thiophene rings is 1. The van der Waals surface area contributed by atoms with Gasteiger partial charge in [0.25, 0.3) is 0 Å². The Hall–Kier alpha value is -0.960. The summed E-state index contributed by atoms with van der Waals surface area (Å²) in [5.74, 6) is -1.09. The van der Waals surface area contributed by atoms with Crippen LogP contribution in [0, 0.1) is 0 Å². The van der Waals surface area contributed by atoms with E-state index in [1.807, 2.05) is 19.0 Å². The molecule has 0 saturated carbocycles. The van der Waals surface area contributed by atoms with Gasteiger partial charge in [-0.25, -0.2) is 13.2 Å². The van der Waals surface area contributed by atoms with Gasteiger partial charge in [0.2, 0.25) is 10.0 Å². The van der Waals surface area contributed by atoms with Gasteiger partial charge in [-0.15, -0.1) is 11.3 Å². The number of aromatic carboxylic acids is 1. The summed E-state index contributed by atoms with van der Waals surface area (Å²) >= 11 is 0.943. The number of carbonyl (C=O) groups is 1. The third kappa shape index (κ3) is 3.03. The first-order chi connectivity index (χ1) is 9.32. The second-order valence-corrected chi connectivity index (χ2v) is 7.93. The van der Waals surface area contributed by atoms with Crippen molar-refractivity contribution < 1.29 is 18.3 Å². The number of nitrogens with zero attached hydrogens (tertiary/aromatic N) is 2. The molecule has 6 nitrogen and oxygen atoms in total. The summed E-state index contributed by atoms with van der Waals surface area (Å²) < 4.78 is 26.7. The Balaban J connectivity index is 2.26. The lowest BCUT2D eigenvalue weighted by Gasteiger charge is -2.26. The zero-order chi connectivity index (χ0) is 14.9. The first-order valence-electron chi connectivity index (χ1n) is 6.31. The van der Waals surface area contributed by atoms with Gasteiger partial charge in [0.05, 0.1) is 4.90 Å². The van der Waals surface area contributed by atoms with Crippen LogP contribution in [0.25, 0.3) is 0 Å². The molecule has 2 rings (SSSR count). The predicted octanol–water partition coefficient (Wildman–Crippen LogP) is 1.16. The molecule has 1 unspecified atom stereocenters. The molecule has 1 aromatic rings. The van der Waals surface area contributed by atoms with Crippen LogP contribution in [0.5, 0.6) is 0 Å². The number of hydrogen-bond acceptors (Lipinski definition) is 5. The number of rotatable bonds is 5. The van der Waals surface area contributed by atoms with Gasteiger partial charge in [-0.2, -0.15) is 4.31 Å². The van der Waals surface area contributed by atoms with Gasteiger partial charge >= 0.3 is 5.97 Å². The van der Waals surface area contributed by atoms with Crippen LogP contribution in [0.1, 0.15) is 22.5 Å². The highest BCUT2D eigenvalue weighted by Gasteiger charge is 2.36. The normalized spacial score (nSPS) is 20.6. The zero-order valence-electron chi connectivity index (χ0n) is 11.4. The van der Waals surface area contributed by atoms with E-state index in [1.54, 1.807) is 0 Å². The quantitative estimate of drug-likeness (QED) is 0.881. The van der Waals surface area contributed by atoms with E-state index in [1.165, 1.54) is 15.8 Å². The molecule has 1 fully saturated rings. The lowest BCUT2D eigenvalue weighted by Crippen LogP contribution is -2.41. The number of likely N-dealkylation sites (N-methyl/N-ethyl adjacent to an activating group) is 1. The lowest BCUT2D eigenvalue weighted by molar-refractivity contribution is 0.0702. The van der Waals surface area contributed by atoms with Crippen molar-refractivity contribution >= 4 is 27.3 Å². The van der Waals surface area contributed by atoms with Gasteiger partial charge in [0.15, 0.2) is 0 Å². The molecule has 1 aliphatic heterocycles. The Morgan fingerprint density at radius 2 is 2.25 bits per heavy atom. The summed E-state index contributed by atoms with van der Waals surface area (Å²) in [6.45, 7) is 1.17. The molecular weight excluding hydrogens is 300 g/mol. The van der Waals surface area contributed by atoms with Crippen LogP contribution in [0.2, 0.25) is 0 Å². The minimum atomic E-state index is -3.59. The van der Waals surface area contributed by atoms with Crippen LogP contribution in [0.4, 0.5) is 0 Å². The van der Waals surface area contributed by atoms with Gasteiger partial charge in [0, 0.05) is 24.5 Å². The zero-order valence-corrected chi connectivity index (χ0v) is 13.1. The van der Waals surface area contributed by atoms with Crippen molar-refractivity contribution in [2.45, 2.75) is 23.8 Å². The van der Waals surface area contributed by atoms with Gasteiger partial charge in [-0.05, 0) is 33.0 Å². The van der Waals surface area contributed by atoms with Crippen LogP contribution in [-0.4, -0.2) is 61.9 Å². The average Bonchev–Trinajstić information content (AvgIpc) is 2.95. The van der Waals surface area contributed by atoms with E-state index in [2.05, 4.69) is 0 Å². The van der Waals surface area contributed by atoms with Crippen LogP contribution >= 0.6 is 11.3 Å². The van der Waals surface area contributed by atoms with E-state index >= 15 is 0 Å². The Kier molecular flexibility index (Phi) is 4.48. The minimum absolute atomic E-state index is 0.0387. The Labute approximate surface area is 122 Å². The van der Waals surface area contributed by atoms with Gasteiger partial charge < -0.3 is 10.0 Å². The highest BCUT2D eigenvalue weighted by Crippen LogP contribution is 2.29. The minimum Gasteiger partial charge on any atom is -0.477 e. The van der Waals surface area contributed by atoms with Crippen LogP contribution < -0.4 is 0 Å². The average molecular weight is 318 g/mol. The molecule has 1 saturated heterocycles. The van der Waals surface area contributed by atoms with Crippen molar-refractivity contribution in [2.24, 2.45) is 0 Å². The summed E-state index contributed by atoms with van der Waals surface area (Å²) in [6, 6.07) is 1.20. The molecule has 20 heavy (non-hydrogen) atoms. The van der Waals surface area contributed by atoms with Gasteiger partial charge in [-0.1, -0.05) is 0 Å². The van der Waals surface area contributed by atoms with E-state index in [0.29, 0.717) is 13.1 Å². The number of sulfonamides is 1.